The molecule has 3 fully saturated rings. The number of ketones is 1. The molecule has 30 heavy (non-hydrogen) atoms. The molecule has 2 atom stereocenters. The normalized spacial score (nSPS) is 27.9. The molecule has 3 heterocycles. The number of nitrogens with zero attached hydrogens (tertiary/aromatic N) is 1. The Hall–Kier alpha value is -2.14. The fraction of sp³-hybridized carbons (Fsp3) is 0.600. The number of fused-ring (bicyclic) bond motifs is 4. The first-order valence-corrected chi connectivity index (χ1v) is 11.8. The highest BCUT2D eigenvalue weighted by Crippen LogP contribution is 2.48. The highest BCUT2D eigenvalue weighted by molar-refractivity contribution is 5.98. The number of hydrogen-bond donors (Lipinski definition) is 1. The summed E-state index contributed by atoms with van der Waals surface area (Å²) in [5, 5.41) is 4.55. The monoisotopic (exact) mass is 406 g/mol. The van der Waals surface area contributed by atoms with Gasteiger partial charge in [-0.3, -0.25) is 9.36 Å². The average molecular weight is 407 g/mol. The number of rotatable bonds is 4. The topological polar surface area (TPSA) is 60.3 Å². The summed E-state index contributed by atoms with van der Waals surface area (Å²) in [7, 11) is 0. The summed E-state index contributed by atoms with van der Waals surface area (Å²) in [6.07, 6.45) is 11.1. The van der Waals surface area contributed by atoms with Crippen LogP contribution in [-0.4, -0.2) is 28.9 Å². The first-order valence-electron chi connectivity index (χ1n) is 11.8. The van der Waals surface area contributed by atoms with Crippen molar-refractivity contribution in [1.82, 2.24) is 9.88 Å². The lowest BCUT2D eigenvalue weighted by Crippen LogP contribution is -2.40. The van der Waals surface area contributed by atoms with Crippen molar-refractivity contribution in [3.63, 3.8) is 0 Å². The van der Waals surface area contributed by atoms with Crippen molar-refractivity contribution >= 4 is 22.7 Å². The molecule has 158 valence electrons. The van der Waals surface area contributed by atoms with E-state index in [1.807, 2.05) is 6.07 Å². The molecule has 1 aromatic heterocycles. The fourth-order valence-corrected chi connectivity index (χ4v) is 6.50. The number of hydrogen-bond acceptors (Lipinski definition) is 4. The molecule has 5 nitrogen and oxygen atoms in total. The molecule has 4 aliphatic rings. The molecule has 0 unspecified atom stereocenters. The van der Waals surface area contributed by atoms with Gasteiger partial charge < -0.3 is 10.1 Å². The van der Waals surface area contributed by atoms with E-state index >= 15 is 0 Å². The Bertz CT molecular complexity index is 1010. The summed E-state index contributed by atoms with van der Waals surface area (Å²) < 4.78 is 7.79. The molecular weight excluding hydrogens is 376 g/mol. The van der Waals surface area contributed by atoms with Gasteiger partial charge in [0.2, 0.25) is 0 Å². The van der Waals surface area contributed by atoms with Gasteiger partial charge in [0.1, 0.15) is 5.69 Å². The van der Waals surface area contributed by atoms with E-state index in [9.17, 15) is 9.59 Å². The van der Waals surface area contributed by atoms with Crippen LogP contribution in [0.4, 0.5) is 0 Å². The van der Waals surface area contributed by atoms with Crippen LogP contribution in [0.15, 0.2) is 24.3 Å². The Labute approximate surface area is 177 Å². The van der Waals surface area contributed by atoms with Crippen LogP contribution in [0.3, 0.4) is 0 Å². The van der Waals surface area contributed by atoms with E-state index < -0.39 is 5.72 Å². The molecular formula is C25H30N2O3. The number of carbonyl (C=O) groups excluding carboxylic acids is 2. The minimum Gasteiger partial charge on any atom is -0.434 e. The summed E-state index contributed by atoms with van der Waals surface area (Å²) in [6, 6.07) is 8.19. The fourth-order valence-electron chi connectivity index (χ4n) is 6.50. The smallest absolute Gasteiger partial charge is 0.357 e. The van der Waals surface area contributed by atoms with Gasteiger partial charge in [0, 0.05) is 24.6 Å². The van der Waals surface area contributed by atoms with Gasteiger partial charge in [-0.25, -0.2) is 4.79 Å². The highest BCUT2D eigenvalue weighted by Gasteiger charge is 2.50. The summed E-state index contributed by atoms with van der Waals surface area (Å²) >= 11 is 0. The summed E-state index contributed by atoms with van der Waals surface area (Å²) in [5.41, 5.74) is 2.30. The van der Waals surface area contributed by atoms with Gasteiger partial charge in [-0.05, 0) is 55.0 Å². The molecule has 0 amide bonds. The second-order valence-corrected chi connectivity index (χ2v) is 9.87. The Morgan fingerprint density at radius 3 is 2.70 bits per heavy atom. The maximum atomic E-state index is 13.2. The van der Waals surface area contributed by atoms with Crippen LogP contribution >= 0.6 is 0 Å². The third kappa shape index (κ3) is 2.78. The van der Waals surface area contributed by atoms with Gasteiger partial charge in [-0.15, -0.1) is 0 Å². The first kappa shape index (κ1) is 18.6. The number of ether oxygens (including phenoxy) is 1. The highest BCUT2D eigenvalue weighted by atomic mass is 16.6. The number of Topliss-reactive ketones (excluding diaryl/α,β-unsaturated/α-hetero) is 1. The Balaban J connectivity index is 1.24. The van der Waals surface area contributed by atoms with Gasteiger partial charge in [0.05, 0.1) is 11.6 Å². The molecule has 6 rings (SSSR count). The van der Waals surface area contributed by atoms with E-state index in [0.29, 0.717) is 29.7 Å². The standard InChI is InChI=1S/C25H30N2O3/c28-22(23-19(9-12-26-23)17-5-2-1-3-6-17)14-16-7-8-20-18(13-16)15-21-24(29)30-25(27(20)21)10-4-11-25/h7-8,13,15,17,19,23,26H,1-6,9-12,14H2/t19-,23-/m0/s1. The zero-order valence-electron chi connectivity index (χ0n) is 17.5. The van der Waals surface area contributed by atoms with Gasteiger partial charge in [0.15, 0.2) is 11.5 Å². The number of nitrogens with one attached hydrogen (secondary N) is 1. The molecule has 2 aliphatic heterocycles. The van der Waals surface area contributed by atoms with Gasteiger partial charge in [0.25, 0.3) is 0 Å². The summed E-state index contributed by atoms with van der Waals surface area (Å²) in [5.74, 6) is 1.33. The van der Waals surface area contributed by atoms with Crippen molar-refractivity contribution in [2.45, 2.75) is 76.0 Å². The molecule has 1 spiro atoms. The van der Waals surface area contributed by atoms with Crippen molar-refractivity contribution in [3.05, 3.63) is 35.5 Å². The molecule has 2 aromatic rings. The van der Waals surface area contributed by atoms with Crippen molar-refractivity contribution < 1.29 is 14.3 Å². The van der Waals surface area contributed by atoms with E-state index in [2.05, 4.69) is 28.1 Å². The average Bonchev–Trinajstić information content (AvgIpc) is 3.42. The van der Waals surface area contributed by atoms with Crippen molar-refractivity contribution in [2.75, 3.05) is 6.54 Å². The van der Waals surface area contributed by atoms with Crippen LogP contribution in [-0.2, 0) is 21.7 Å². The molecule has 1 aromatic carbocycles. The van der Waals surface area contributed by atoms with E-state index in [1.54, 1.807) is 0 Å². The Kier molecular flexibility index (Phi) is 4.31. The molecule has 1 saturated heterocycles. The van der Waals surface area contributed by atoms with Gasteiger partial charge >= 0.3 is 5.97 Å². The third-order valence-electron chi connectivity index (χ3n) is 8.15. The van der Waals surface area contributed by atoms with Crippen LogP contribution in [0.25, 0.3) is 10.9 Å². The predicted molar refractivity (Wildman–Crippen MR) is 114 cm³/mol. The number of carbonyl (C=O) groups is 2. The van der Waals surface area contributed by atoms with E-state index in [0.717, 1.165) is 48.7 Å². The lowest BCUT2D eigenvalue weighted by atomic mass is 9.75. The minimum atomic E-state index is -0.452. The van der Waals surface area contributed by atoms with Crippen molar-refractivity contribution in [3.8, 4) is 0 Å². The molecule has 5 heteroatoms. The molecule has 0 radical (unpaired) electrons. The van der Waals surface area contributed by atoms with Crippen LogP contribution < -0.4 is 5.32 Å². The first-order chi connectivity index (χ1) is 14.6. The van der Waals surface area contributed by atoms with Crippen molar-refractivity contribution in [2.24, 2.45) is 11.8 Å². The van der Waals surface area contributed by atoms with Crippen molar-refractivity contribution in [1.29, 1.82) is 0 Å². The van der Waals surface area contributed by atoms with E-state index in [-0.39, 0.29) is 12.0 Å². The largest absolute Gasteiger partial charge is 0.434 e. The Morgan fingerprint density at radius 2 is 1.93 bits per heavy atom. The van der Waals surface area contributed by atoms with Crippen LogP contribution in [0, 0.1) is 11.8 Å². The maximum Gasteiger partial charge on any atom is 0.357 e. The summed E-state index contributed by atoms with van der Waals surface area (Å²) in [4.78, 5) is 25.6. The zero-order valence-corrected chi connectivity index (χ0v) is 17.5. The lowest BCUT2D eigenvalue weighted by Gasteiger charge is -2.38. The zero-order chi connectivity index (χ0) is 20.3. The number of aromatic nitrogens is 1. The van der Waals surface area contributed by atoms with Crippen LogP contribution in [0.1, 0.15) is 73.8 Å². The predicted octanol–water partition coefficient (Wildman–Crippen LogP) is 4.32. The van der Waals surface area contributed by atoms with Crippen LogP contribution in [0.5, 0.6) is 0 Å². The maximum absolute atomic E-state index is 13.2. The number of esters is 1. The number of benzene rings is 1. The summed E-state index contributed by atoms with van der Waals surface area (Å²) in [6.45, 7) is 0.965. The van der Waals surface area contributed by atoms with Gasteiger partial charge in [-0.2, -0.15) is 0 Å². The third-order valence-corrected chi connectivity index (χ3v) is 8.15. The second kappa shape index (κ2) is 6.94. The lowest BCUT2D eigenvalue weighted by molar-refractivity contribution is -0.121. The van der Waals surface area contributed by atoms with Crippen LogP contribution in [0.2, 0.25) is 0 Å². The molecule has 0 bridgehead atoms. The minimum absolute atomic E-state index is 0.0102. The van der Waals surface area contributed by atoms with Gasteiger partial charge in [-0.1, -0.05) is 38.2 Å². The second-order valence-electron chi connectivity index (χ2n) is 9.87. The van der Waals surface area contributed by atoms with E-state index in [4.69, 9.17) is 4.74 Å². The van der Waals surface area contributed by atoms with E-state index in [1.165, 1.54) is 32.1 Å². The Morgan fingerprint density at radius 1 is 1.10 bits per heavy atom. The SMILES string of the molecule is O=C1OC2(CCC2)n2c1cc1cc(CC(=O)[C@H]3NCC[C@H]3C3CCCCC3)ccc12. The molecule has 2 saturated carbocycles. The molecule has 1 N–H and O–H groups in total. The quantitative estimate of drug-likeness (QED) is 0.769. The molecule has 2 aliphatic carbocycles.